The van der Waals surface area contributed by atoms with E-state index < -0.39 is 17.1 Å². The van der Waals surface area contributed by atoms with Crippen LogP contribution in [0.25, 0.3) is 6.08 Å². The van der Waals surface area contributed by atoms with Gasteiger partial charge in [-0.05, 0) is 77.2 Å². The third kappa shape index (κ3) is 5.31. The van der Waals surface area contributed by atoms with Gasteiger partial charge in [-0.1, -0.05) is 29.8 Å². The van der Waals surface area contributed by atoms with E-state index in [-0.39, 0.29) is 11.4 Å². The minimum atomic E-state index is -0.503. The van der Waals surface area contributed by atoms with E-state index in [2.05, 4.69) is 27.9 Å². The molecule has 1 aliphatic rings. The Bertz CT molecular complexity index is 1010. The van der Waals surface area contributed by atoms with E-state index in [0.29, 0.717) is 17.3 Å². The first-order valence-corrected chi connectivity index (χ1v) is 10.9. The van der Waals surface area contributed by atoms with Crippen molar-refractivity contribution in [3.63, 3.8) is 0 Å². The van der Waals surface area contributed by atoms with Crippen LogP contribution in [0.15, 0.2) is 47.4 Å². The highest BCUT2D eigenvalue weighted by atomic mass is 127. The third-order valence-corrected chi connectivity index (χ3v) is 5.96. The smallest absolute Gasteiger partial charge is 0.294 e. The van der Waals surface area contributed by atoms with Gasteiger partial charge in [-0.3, -0.25) is 19.3 Å². The predicted octanol–water partition coefficient (Wildman–Crippen LogP) is 5.02. The summed E-state index contributed by atoms with van der Waals surface area (Å²) in [5.41, 5.74) is 1.19. The lowest BCUT2D eigenvalue weighted by Crippen LogP contribution is -2.36. The van der Waals surface area contributed by atoms with Gasteiger partial charge in [0.05, 0.1) is 25.8 Å². The van der Waals surface area contributed by atoms with Crippen molar-refractivity contribution in [1.82, 2.24) is 4.90 Å². The van der Waals surface area contributed by atoms with Gasteiger partial charge in [0.15, 0.2) is 0 Å². The molecule has 0 saturated carbocycles. The van der Waals surface area contributed by atoms with Crippen LogP contribution in [0.2, 0.25) is 5.02 Å². The van der Waals surface area contributed by atoms with Crippen LogP contribution >= 0.6 is 46.0 Å². The second-order valence-corrected chi connectivity index (χ2v) is 8.48. The molecular weight excluding hydrogens is 527 g/mol. The molecule has 1 N–H and O–H groups in total. The first kappa shape index (κ1) is 21.7. The highest BCUT2D eigenvalue weighted by Gasteiger charge is 2.36. The topological polar surface area (TPSA) is 75.7 Å². The SMILES string of the molecule is CCOc1ccc(/C=C2/SC(=O)N(CC(=O)Nc3ccccc3Cl)C2=O)cc1I. The lowest BCUT2D eigenvalue weighted by molar-refractivity contribution is -0.127. The molecule has 1 heterocycles. The average Bonchev–Trinajstić information content (AvgIpc) is 2.93. The molecule has 0 aliphatic carbocycles. The minimum absolute atomic E-state index is 0.264. The van der Waals surface area contributed by atoms with E-state index in [0.717, 1.165) is 31.5 Å². The normalized spacial score (nSPS) is 15.1. The van der Waals surface area contributed by atoms with Gasteiger partial charge < -0.3 is 10.1 Å². The molecule has 1 aliphatic heterocycles. The number of ether oxygens (including phenoxy) is 1. The molecule has 0 aromatic heterocycles. The van der Waals surface area contributed by atoms with Crippen molar-refractivity contribution in [3.05, 3.63) is 61.5 Å². The number of carbonyl (C=O) groups excluding carboxylic acids is 3. The van der Waals surface area contributed by atoms with E-state index in [1.165, 1.54) is 0 Å². The van der Waals surface area contributed by atoms with Crippen LogP contribution in [0.5, 0.6) is 5.75 Å². The molecule has 6 nitrogen and oxygen atoms in total. The maximum absolute atomic E-state index is 12.6. The third-order valence-electron chi connectivity index (χ3n) is 3.88. The maximum Gasteiger partial charge on any atom is 0.294 e. The van der Waals surface area contributed by atoms with Crippen molar-refractivity contribution < 1.29 is 19.1 Å². The van der Waals surface area contributed by atoms with Gasteiger partial charge in [0, 0.05) is 0 Å². The lowest BCUT2D eigenvalue weighted by atomic mass is 10.2. The summed E-state index contributed by atoms with van der Waals surface area (Å²) in [6.45, 7) is 2.08. The molecule has 2 aromatic carbocycles. The summed E-state index contributed by atoms with van der Waals surface area (Å²) < 4.78 is 6.40. The summed E-state index contributed by atoms with van der Waals surface area (Å²) in [6, 6.07) is 12.2. The summed E-state index contributed by atoms with van der Waals surface area (Å²) in [5, 5.41) is 2.49. The van der Waals surface area contributed by atoms with Crippen molar-refractivity contribution in [2.45, 2.75) is 6.92 Å². The molecule has 3 rings (SSSR count). The quantitative estimate of drug-likeness (QED) is 0.410. The molecule has 1 saturated heterocycles. The zero-order valence-electron chi connectivity index (χ0n) is 15.3. The zero-order valence-corrected chi connectivity index (χ0v) is 19.0. The van der Waals surface area contributed by atoms with Gasteiger partial charge in [-0.15, -0.1) is 0 Å². The van der Waals surface area contributed by atoms with Gasteiger partial charge >= 0.3 is 0 Å². The van der Waals surface area contributed by atoms with Crippen molar-refractivity contribution in [2.24, 2.45) is 0 Å². The van der Waals surface area contributed by atoms with Crippen molar-refractivity contribution >= 4 is 74.8 Å². The van der Waals surface area contributed by atoms with E-state index in [1.54, 1.807) is 30.3 Å². The number of hydrogen-bond acceptors (Lipinski definition) is 5. The molecule has 0 bridgehead atoms. The molecule has 0 atom stereocenters. The minimum Gasteiger partial charge on any atom is -0.493 e. The predicted molar refractivity (Wildman–Crippen MR) is 123 cm³/mol. The molecule has 150 valence electrons. The number of rotatable bonds is 6. The first-order valence-electron chi connectivity index (χ1n) is 8.61. The van der Waals surface area contributed by atoms with Gasteiger partial charge in [-0.2, -0.15) is 0 Å². The molecule has 2 aromatic rings. The number of amides is 3. The second kappa shape index (κ2) is 9.64. The van der Waals surface area contributed by atoms with E-state index in [9.17, 15) is 14.4 Å². The molecule has 1 fully saturated rings. The fourth-order valence-electron chi connectivity index (χ4n) is 2.56. The van der Waals surface area contributed by atoms with Gasteiger partial charge in [0.25, 0.3) is 11.1 Å². The summed E-state index contributed by atoms with van der Waals surface area (Å²) in [7, 11) is 0. The molecule has 3 amide bonds. The Balaban J connectivity index is 1.71. The van der Waals surface area contributed by atoms with Gasteiger partial charge in [0.2, 0.25) is 5.91 Å². The number of para-hydroxylation sites is 1. The fraction of sp³-hybridized carbons (Fsp3) is 0.150. The van der Waals surface area contributed by atoms with Crippen molar-refractivity contribution in [3.8, 4) is 5.75 Å². The van der Waals surface area contributed by atoms with Crippen molar-refractivity contribution in [1.29, 1.82) is 0 Å². The van der Waals surface area contributed by atoms with Gasteiger partial charge in [0.1, 0.15) is 12.3 Å². The monoisotopic (exact) mass is 542 g/mol. The number of halogens is 2. The van der Waals surface area contributed by atoms with E-state index >= 15 is 0 Å². The van der Waals surface area contributed by atoms with Crippen LogP contribution in [0, 0.1) is 3.57 Å². The van der Waals surface area contributed by atoms with Crippen LogP contribution < -0.4 is 10.1 Å². The Morgan fingerprint density at radius 1 is 1.28 bits per heavy atom. The molecule has 0 radical (unpaired) electrons. The standard InChI is InChI=1S/C20H16ClIN2O4S/c1-2-28-16-8-7-12(9-14(16)22)10-17-19(26)24(20(27)29-17)11-18(25)23-15-6-4-3-5-13(15)21/h3-10H,2,11H2,1H3,(H,23,25)/b17-10+. The Kier molecular flexibility index (Phi) is 7.20. The number of thioether (sulfide) groups is 1. The summed E-state index contributed by atoms with van der Waals surface area (Å²) >= 11 is 8.97. The van der Waals surface area contributed by atoms with E-state index in [1.807, 2.05) is 25.1 Å². The summed E-state index contributed by atoms with van der Waals surface area (Å²) in [6.07, 6.45) is 1.63. The fourth-order valence-corrected chi connectivity index (χ4v) is 4.28. The molecule has 29 heavy (non-hydrogen) atoms. The van der Waals surface area contributed by atoms with Crippen LogP contribution in [-0.4, -0.2) is 35.1 Å². The average molecular weight is 543 g/mol. The number of nitrogens with one attached hydrogen (secondary N) is 1. The van der Waals surface area contributed by atoms with Crippen LogP contribution in [0.4, 0.5) is 10.5 Å². The summed E-state index contributed by atoms with van der Waals surface area (Å²) in [5.74, 6) is -0.245. The molecule has 0 unspecified atom stereocenters. The Hall–Kier alpha value is -2.04. The zero-order chi connectivity index (χ0) is 21.0. The number of nitrogens with zero attached hydrogens (tertiary/aromatic N) is 1. The largest absolute Gasteiger partial charge is 0.493 e. The summed E-state index contributed by atoms with van der Waals surface area (Å²) in [4.78, 5) is 38.3. The van der Waals surface area contributed by atoms with Gasteiger partial charge in [-0.25, -0.2) is 0 Å². The number of carbonyl (C=O) groups is 3. The Labute approximate surface area is 190 Å². The molecule has 9 heteroatoms. The molecular formula is C20H16ClIN2O4S. The number of benzene rings is 2. The number of imide groups is 1. The Morgan fingerprint density at radius 2 is 2.03 bits per heavy atom. The Morgan fingerprint density at radius 3 is 2.72 bits per heavy atom. The maximum atomic E-state index is 12.6. The molecule has 0 spiro atoms. The number of anilines is 1. The highest BCUT2D eigenvalue weighted by molar-refractivity contribution is 14.1. The highest BCUT2D eigenvalue weighted by Crippen LogP contribution is 2.33. The van der Waals surface area contributed by atoms with Crippen LogP contribution in [-0.2, 0) is 9.59 Å². The van der Waals surface area contributed by atoms with Crippen molar-refractivity contribution in [2.75, 3.05) is 18.5 Å². The first-order chi connectivity index (χ1) is 13.9. The second-order valence-electron chi connectivity index (χ2n) is 5.92. The van der Waals surface area contributed by atoms with E-state index in [4.69, 9.17) is 16.3 Å². The number of hydrogen-bond donors (Lipinski definition) is 1. The van der Waals surface area contributed by atoms with Crippen LogP contribution in [0.3, 0.4) is 0 Å². The lowest BCUT2D eigenvalue weighted by Gasteiger charge is -2.13. The van der Waals surface area contributed by atoms with Crippen LogP contribution in [0.1, 0.15) is 12.5 Å².